The Hall–Kier alpha value is -9.29. The van der Waals surface area contributed by atoms with Gasteiger partial charge in [0, 0.05) is 0 Å². The molecule has 0 spiro atoms. The third-order valence-corrected chi connectivity index (χ3v) is 18.3. The van der Waals surface area contributed by atoms with Gasteiger partial charge < -0.3 is 76.2 Å². The fraction of sp³-hybridized carbons (Fsp3) is 0.321. The summed E-state index contributed by atoms with van der Waals surface area (Å²) in [4.78, 5) is 43.8. The number of hydrogen-bond donors (Lipinski definition) is 1. The Kier molecular flexibility index (Phi) is 25.8. The van der Waals surface area contributed by atoms with Crippen LogP contribution in [0.4, 0.5) is 0 Å². The van der Waals surface area contributed by atoms with E-state index in [0.717, 1.165) is 33.4 Å². The zero-order valence-corrected chi connectivity index (χ0v) is 57.9. The quantitative estimate of drug-likeness (QED) is 0.0316. The molecule has 15 atom stereocenters. The molecule has 19 heteroatoms. The van der Waals surface area contributed by atoms with Crippen LogP contribution in [0, 0.1) is 0 Å². The van der Waals surface area contributed by atoms with Crippen LogP contribution in [0.3, 0.4) is 0 Å². The third kappa shape index (κ3) is 19.5. The first kappa shape index (κ1) is 73.5. The Balaban J connectivity index is 0.966. The minimum Gasteiger partial charge on any atom is -0.497 e. The van der Waals surface area contributed by atoms with Crippen molar-refractivity contribution in [1.29, 1.82) is 0 Å². The van der Waals surface area contributed by atoms with E-state index in [-0.39, 0.29) is 69.5 Å². The molecule has 9 aromatic rings. The van der Waals surface area contributed by atoms with Gasteiger partial charge in [-0.15, -0.1) is 0 Å². The van der Waals surface area contributed by atoms with Crippen molar-refractivity contribution in [3.05, 3.63) is 316 Å². The molecule has 103 heavy (non-hydrogen) atoms. The maximum Gasteiger partial charge on any atom is 0.338 e. The van der Waals surface area contributed by atoms with Crippen LogP contribution in [-0.2, 0) is 113 Å². The van der Waals surface area contributed by atoms with Gasteiger partial charge in [0.05, 0.1) is 82.3 Å². The summed E-state index contributed by atoms with van der Waals surface area (Å²) in [7, 11) is 1.59. The number of carbonyl (C=O) groups excluding carboxylic acids is 3. The first-order valence-electron chi connectivity index (χ1n) is 34.6. The number of ether oxygens (including phenoxy) is 15. The highest BCUT2D eigenvalue weighted by Gasteiger charge is 2.61. The van der Waals surface area contributed by atoms with Gasteiger partial charge in [0.1, 0.15) is 60.7 Å². The van der Waals surface area contributed by atoms with Crippen LogP contribution >= 0.6 is 0 Å². The Labute approximate surface area is 600 Å². The van der Waals surface area contributed by atoms with E-state index in [2.05, 4.69) is 0 Å². The fourth-order valence-corrected chi connectivity index (χ4v) is 12.8. The molecule has 9 aromatic carbocycles. The lowest BCUT2D eigenvalue weighted by Crippen LogP contribution is -2.71. The predicted octanol–water partition coefficient (Wildman–Crippen LogP) is 13.3. The average Bonchev–Trinajstić information content (AvgIpc) is 0.746. The van der Waals surface area contributed by atoms with Crippen molar-refractivity contribution in [3.63, 3.8) is 0 Å². The monoisotopic (exact) mass is 1400 g/mol. The predicted molar refractivity (Wildman–Crippen MR) is 379 cm³/mol. The van der Waals surface area contributed by atoms with Crippen LogP contribution in [-0.4, -0.2) is 128 Å². The van der Waals surface area contributed by atoms with Crippen molar-refractivity contribution in [1.82, 2.24) is 0 Å². The Morgan fingerprint density at radius 2 is 0.796 bits per heavy atom. The largest absolute Gasteiger partial charge is 0.497 e. The maximum absolute atomic E-state index is 14.9. The molecule has 12 rings (SSSR count). The normalized spacial score (nSPS) is 25.4. The smallest absolute Gasteiger partial charge is 0.338 e. The van der Waals surface area contributed by atoms with Gasteiger partial charge in [0.2, 0.25) is 0 Å². The molecule has 0 aliphatic carbocycles. The summed E-state index contributed by atoms with van der Waals surface area (Å²) in [5.74, 6) is -1.48. The van der Waals surface area contributed by atoms with Crippen molar-refractivity contribution in [2.24, 2.45) is 0 Å². The maximum atomic E-state index is 14.9. The van der Waals surface area contributed by atoms with Crippen molar-refractivity contribution < 1.29 is 90.5 Å². The number of benzene rings is 9. The lowest BCUT2D eigenvalue weighted by Gasteiger charge is -2.53. The molecule has 3 aliphatic rings. The molecule has 19 nitrogen and oxygen atoms in total. The zero-order valence-electron chi connectivity index (χ0n) is 57.9. The van der Waals surface area contributed by atoms with Gasteiger partial charge in [-0.05, 0) is 102 Å². The van der Waals surface area contributed by atoms with Crippen LogP contribution in [0.15, 0.2) is 261 Å². The number of rotatable bonds is 31. The van der Waals surface area contributed by atoms with Gasteiger partial charge in [-0.1, -0.05) is 218 Å². The number of carbonyl (C=O) groups is 3. The highest BCUT2D eigenvalue weighted by Crippen LogP contribution is 2.42. The van der Waals surface area contributed by atoms with Crippen LogP contribution in [0.1, 0.15) is 90.8 Å². The molecule has 1 N–H and O–H groups in total. The molecule has 3 heterocycles. The number of esters is 3. The summed E-state index contributed by atoms with van der Waals surface area (Å²) in [5, 5.41) is 14.1. The topological polar surface area (TPSA) is 210 Å². The lowest BCUT2D eigenvalue weighted by atomic mass is 9.85. The molecule has 0 unspecified atom stereocenters. The number of aliphatic hydroxyl groups is 1. The molecule has 0 radical (unpaired) electrons. The summed E-state index contributed by atoms with van der Waals surface area (Å²) < 4.78 is 102. The van der Waals surface area contributed by atoms with Crippen LogP contribution in [0.25, 0.3) is 0 Å². The van der Waals surface area contributed by atoms with Gasteiger partial charge in [0.15, 0.2) is 31.1 Å². The van der Waals surface area contributed by atoms with E-state index in [1.807, 2.05) is 176 Å². The summed E-state index contributed by atoms with van der Waals surface area (Å²) in [5.41, 5.74) is 3.74. The van der Waals surface area contributed by atoms with E-state index in [4.69, 9.17) is 71.1 Å². The Bertz CT molecular complexity index is 4050. The standard InChI is InChI=1S/C84H86O19/c1-56-70(91-49-59-30-14-6-15-31-59)72(93-51-63-44-46-67(89-4)47-45-63)74(100-78(85)64-38-22-10-23-39-64)82(98-56)103-77-83(99-69(55-90-48-58-28-12-5-13-29-58)76(84(77,3)88)94-52-61-34-18-8-19-35-61)102-73-71(92-50-60-32-16-7-17-33-60)57(2)97-81(75(73)101-79(86)65-40-24-11-25-41-65)96-54-66-42-26-27-43-68(66)80(87)95-53-62-36-20-9-21-37-62/h5-47,56-57,69-77,81-83,88H,48-55H2,1-4H3/t56-,57+,69-,70-,71+,72+,73-,74+,75-,76-,77-,81-,82-,83-,84+/m1/s1. The number of hydrogen-bond acceptors (Lipinski definition) is 19. The molecule has 3 saturated heterocycles. The Morgan fingerprint density at radius 1 is 0.379 bits per heavy atom. The first-order valence-corrected chi connectivity index (χ1v) is 34.6. The highest BCUT2D eigenvalue weighted by atomic mass is 16.8. The van der Waals surface area contributed by atoms with Crippen molar-refractivity contribution >= 4 is 17.9 Å². The van der Waals surface area contributed by atoms with Gasteiger partial charge >= 0.3 is 17.9 Å². The third-order valence-electron chi connectivity index (χ3n) is 18.3. The van der Waals surface area contributed by atoms with Crippen molar-refractivity contribution in [3.8, 4) is 5.75 Å². The molecule has 536 valence electrons. The van der Waals surface area contributed by atoms with Gasteiger partial charge in [-0.3, -0.25) is 0 Å². The van der Waals surface area contributed by atoms with E-state index in [9.17, 15) is 19.5 Å². The molecule has 0 bridgehead atoms. The van der Waals surface area contributed by atoms with Crippen molar-refractivity contribution in [2.75, 3.05) is 13.7 Å². The zero-order chi connectivity index (χ0) is 71.3. The second kappa shape index (κ2) is 36.2. The summed E-state index contributed by atoms with van der Waals surface area (Å²) in [6, 6.07) is 78.6. The molecule has 0 amide bonds. The van der Waals surface area contributed by atoms with E-state index in [1.54, 1.807) is 113 Å². The van der Waals surface area contributed by atoms with Gasteiger partial charge in [-0.2, -0.15) is 0 Å². The molecular weight excluding hydrogens is 1310 g/mol. The average molecular weight is 1400 g/mol. The second-order valence-electron chi connectivity index (χ2n) is 25.7. The molecule has 3 fully saturated rings. The Morgan fingerprint density at radius 3 is 1.31 bits per heavy atom. The van der Waals surface area contributed by atoms with E-state index in [1.165, 1.54) is 0 Å². The van der Waals surface area contributed by atoms with Gasteiger partial charge in [0.25, 0.3) is 0 Å². The molecule has 0 saturated carbocycles. The summed E-state index contributed by atoms with van der Waals surface area (Å²) >= 11 is 0. The first-order chi connectivity index (χ1) is 50.3. The minimum absolute atomic E-state index is 0.00268. The second-order valence-corrected chi connectivity index (χ2v) is 25.7. The summed E-state index contributed by atoms with van der Waals surface area (Å²) in [6.45, 7) is 4.99. The SMILES string of the molecule is COc1ccc(CO[C@@H]2[C@H](OC(=O)c3ccccc3)[C@@H](O[C@@H]3[C@@H](O[C@@H]4[C@@H](OCc5ccccc5)[C@H](C)O[C@@H](OCc5ccccc5C(=O)OCc5ccccc5)[C@@H]4OC(=O)c4ccccc4)O[C@H](COCc4ccccc4)[C@@H](OCc4ccccc4)[C@]3(C)O)O[C@H](C)[C@H]2OCc2ccccc2)cc1. The van der Waals surface area contributed by atoms with Gasteiger partial charge in [-0.25, -0.2) is 14.4 Å². The molecule has 3 aliphatic heterocycles. The molecular formula is C84H86O19. The van der Waals surface area contributed by atoms with Crippen LogP contribution in [0.2, 0.25) is 0 Å². The van der Waals surface area contributed by atoms with E-state index in [0.29, 0.717) is 11.3 Å². The number of methoxy groups -OCH3 is 1. The van der Waals surface area contributed by atoms with Crippen LogP contribution in [0.5, 0.6) is 5.75 Å². The molecule has 0 aromatic heterocycles. The van der Waals surface area contributed by atoms with E-state index < -0.39 is 110 Å². The van der Waals surface area contributed by atoms with Crippen LogP contribution < -0.4 is 4.74 Å². The highest BCUT2D eigenvalue weighted by molar-refractivity contribution is 5.91. The fourth-order valence-electron chi connectivity index (χ4n) is 12.8. The van der Waals surface area contributed by atoms with Crippen molar-refractivity contribution in [2.45, 2.75) is 159 Å². The summed E-state index contributed by atoms with van der Waals surface area (Å²) in [6.07, 6.45) is -18.4. The lowest BCUT2D eigenvalue weighted by molar-refractivity contribution is -0.406. The van der Waals surface area contributed by atoms with E-state index >= 15 is 0 Å². The minimum atomic E-state index is -2.19.